The van der Waals surface area contributed by atoms with Gasteiger partial charge in [0.05, 0.1) is 10.6 Å². The molecule has 10 nitrogen and oxygen atoms in total. The van der Waals surface area contributed by atoms with Crippen molar-refractivity contribution in [1.82, 2.24) is 19.1 Å². The summed E-state index contributed by atoms with van der Waals surface area (Å²) < 4.78 is 39.6. The van der Waals surface area contributed by atoms with Gasteiger partial charge in [0, 0.05) is 30.0 Å². The summed E-state index contributed by atoms with van der Waals surface area (Å²) in [4.78, 5) is 13.0. The summed E-state index contributed by atoms with van der Waals surface area (Å²) in [6.45, 7) is 4.54. The normalized spacial score (nSPS) is 12.6. The number of hydrogen-bond donors (Lipinski definition) is 1. The molecule has 5 rings (SSSR count). The van der Waals surface area contributed by atoms with E-state index in [0.29, 0.717) is 41.3 Å². The lowest BCUT2D eigenvalue weighted by Crippen LogP contribution is -2.30. The Kier molecular flexibility index (Phi) is 7.87. The third-order valence-electron chi connectivity index (χ3n) is 6.09. The largest absolute Gasteiger partial charge is 0.454 e. The maximum atomic E-state index is 12.8. The first-order valence-electron chi connectivity index (χ1n) is 12.3. The first-order valence-corrected chi connectivity index (χ1v) is 14.8. The molecule has 0 saturated heterocycles. The van der Waals surface area contributed by atoms with Gasteiger partial charge >= 0.3 is 0 Å². The highest BCUT2D eigenvalue weighted by Crippen LogP contribution is 2.37. The number of thioether (sulfide) groups is 1. The lowest BCUT2D eigenvalue weighted by molar-refractivity contribution is -0.113. The molecule has 0 saturated carbocycles. The highest BCUT2D eigenvalue weighted by atomic mass is 32.2. The van der Waals surface area contributed by atoms with Crippen molar-refractivity contribution < 1.29 is 22.7 Å². The van der Waals surface area contributed by atoms with Gasteiger partial charge in [-0.15, -0.1) is 10.2 Å². The van der Waals surface area contributed by atoms with E-state index in [1.165, 1.54) is 28.2 Å². The van der Waals surface area contributed by atoms with Crippen LogP contribution in [0, 0.1) is 0 Å². The van der Waals surface area contributed by atoms with Gasteiger partial charge in [-0.25, -0.2) is 8.42 Å². The smallest absolute Gasteiger partial charge is 0.243 e. The monoisotopic (exact) mass is 565 g/mol. The Bertz CT molecular complexity index is 1570. The van der Waals surface area contributed by atoms with Crippen LogP contribution >= 0.6 is 11.8 Å². The summed E-state index contributed by atoms with van der Waals surface area (Å²) in [5.41, 5.74) is 2.15. The number of nitrogens with zero attached hydrogens (tertiary/aromatic N) is 4. The minimum absolute atomic E-state index is 0.0750. The van der Waals surface area contributed by atoms with Crippen molar-refractivity contribution >= 4 is 33.4 Å². The average Bonchev–Trinajstić information content (AvgIpc) is 3.60. The van der Waals surface area contributed by atoms with E-state index in [0.717, 1.165) is 11.3 Å². The summed E-state index contributed by atoms with van der Waals surface area (Å²) in [6.07, 6.45) is 0. The third-order valence-corrected chi connectivity index (χ3v) is 9.09. The summed E-state index contributed by atoms with van der Waals surface area (Å²) in [5.74, 6) is 1.74. The van der Waals surface area contributed by atoms with Crippen molar-refractivity contribution in [3.63, 3.8) is 0 Å². The molecule has 0 spiro atoms. The van der Waals surface area contributed by atoms with Gasteiger partial charge < -0.3 is 14.8 Å². The van der Waals surface area contributed by atoms with Crippen LogP contribution in [0.1, 0.15) is 13.8 Å². The number of carbonyl (C=O) groups excluding carboxylic acids is 1. The lowest BCUT2D eigenvalue weighted by Gasteiger charge is -2.18. The molecule has 0 fully saturated rings. The van der Waals surface area contributed by atoms with Gasteiger partial charge in [-0.05, 0) is 54.6 Å². The SMILES string of the molecule is CCN(CC)S(=O)(=O)c1ccc(NC(=O)CSc2nnc(-c3ccc4c(c3)OCO4)n2-c2ccccc2)cc1. The predicted octanol–water partition coefficient (Wildman–Crippen LogP) is 4.42. The molecule has 2 heterocycles. The number of anilines is 1. The minimum Gasteiger partial charge on any atom is -0.454 e. The van der Waals surface area contributed by atoms with Crippen LogP contribution in [0.2, 0.25) is 0 Å². The van der Waals surface area contributed by atoms with Crippen LogP contribution in [-0.2, 0) is 14.8 Å². The molecule has 1 aliphatic rings. The van der Waals surface area contributed by atoms with E-state index in [1.807, 2.05) is 53.1 Å². The van der Waals surface area contributed by atoms with Crippen molar-refractivity contribution in [2.45, 2.75) is 23.9 Å². The fourth-order valence-electron chi connectivity index (χ4n) is 4.15. The second kappa shape index (κ2) is 11.5. The van der Waals surface area contributed by atoms with Crippen LogP contribution in [0.3, 0.4) is 0 Å². The van der Waals surface area contributed by atoms with Crippen molar-refractivity contribution in [1.29, 1.82) is 0 Å². The van der Waals surface area contributed by atoms with Gasteiger partial charge in [-0.3, -0.25) is 9.36 Å². The quantitative estimate of drug-likeness (QED) is 0.281. The van der Waals surface area contributed by atoms with Crippen LogP contribution in [-0.4, -0.2) is 59.0 Å². The molecule has 1 aromatic heterocycles. The van der Waals surface area contributed by atoms with Gasteiger partial charge in [0.2, 0.25) is 22.7 Å². The van der Waals surface area contributed by atoms with Gasteiger partial charge in [-0.2, -0.15) is 4.31 Å². The molecular formula is C27H27N5O5S2. The molecule has 3 aromatic carbocycles. The van der Waals surface area contributed by atoms with E-state index in [1.54, 1.807) is 26.0 Å². The van der Waals surface area contributed by atoms with Gasteiger partial charge in [0.1, 0.15) is 0 Å². The van der Waals surface area contributed by atoms with Gasteiger partial charge in [0.15, 0.2) is 22.5 Å². The molecule has 12 heteroatoms. The zero-order valence-electron chi connectivity index (χ0n) is 21.4. The maximum absolute atomic E-state index is 12.8. The standard InChI is InChI=1S/C27H27N5O5S2/c1-3-31(4-2)39(34,35)22-13-11-20(12-14-22)28-25(33)17-38-27-30-29-26(32(27)21-8-6-5-7-9-21)19-10-15-23-24(16-19)37-18-36-23/h5-16H,3-4,17-18H2,1-2H3,(H,28,33). The second-order valence-corrected chi connectivity index (χ2v) is 11.4. The van der Waals surface area contributed by atoms with E-state index in [-0.39, 0.29) is 23.3 Å². The van der Waals surface area contributed by atoms with Gasteiger partial charge in [-0.1, -0.05) is 43.8 Å². The third kappa shape index (κ3) is 5.63. The average molecular weight is 566 g/mol. The van der Waals surface area contributed by atoms with Crippen molar-refractivity contribution in [3.05, 3.63) is 72.8 Å². The number of ether oxygens (including phenoxy) is 2. The molecule has 0 atom stereocenters. The Labute approximate surface area is 231 Å². The van der Waals surface area contributed by atoms with Crippen LogP contribution in [0.5, 0.6) is 11.5 Å². The first-order chi connectivity index (χ1) is 18.9. The Morgan fingerprint density at radius 2 is 1.69 bits per heavy atom. The Morgan fingerprint density at radius 3 is 2.41 bits per heavy atom. The summed E-state index contributed by atoms with van der Waals surface area (Å²) in [6, 6.07) is 21.4. The number of fused-ring (bicyclic) bond motifs is 1. The molecule has 0 aliphatic carbocycles. The van der Waals surface area contributed by atoms with Crippen molar-refractivity contribution in [2.75, 3.05) is 31.0 Å². The highest BCUT2D eigenvalue weighted by molar-refractivity contribution is 7.99. The minimum atomic E-state index is -3.56. The lowest BCUT2D eigenvalue weighted by atomic mass is 10.2. The molecule has 202 valence electrons. The van der Waals surface area contributed by atoms with E-state index in [4.69, 9.17) is 9.47 Å². The van der Waals surface area contributed by atoms with Crippen LogP contribution in [0.25, 0.3) is 17.1 Å². The predicted molar refractivity (Wildman–Crippen MR) is 149 cm³/mol. The van der Waals surface area contributed by atoms with E-state index >= 15 is 0 Å². The van der Waals surface area contributed by atoms with Crippen molar-refractivity contribution in [3.8, 4) is 28.6 Å². The zero-order chi connectivity index (χ0) is 27.4. The topological polar surface area (TPSA) is 116 Å². The molecule has 39 heavy (non-hydrogen) atoms. The second-order valence-electron chi connectivity index (χ2n) is 8.50. The number of rotatable bonds is 10. The zero-order valence-corrected chi connectivity index (χ0v) is 23.0. The van der Waals surface area contributed by atoms with Crippen molar-refractivity contribution in [2.24, 2.45) is 0 Å². The number of aromatic nitrogens is 3. The number of amides is 1. The number of nitrogens with one attached hydrogen (secondary N) is 1. The number of sulfonamides is 1. The fourth-order valence-corrected chi connectivity index (χ4v) is 6.36. The van der Waals surface area contributed by atoms with Crippen LogP contribution < -0.4 is 14.8 Å². The summed E-state index contributed by atoms with van der Waals surface area (Å²) in [5, 5.41) is 12.1. The number of para-hydroxylation sites is 1. The van der Waals surface area contributed by atoms with E-state index in [2.05, 4.69) is 15.5 Å². The number of benzene rings is 3. The maximum Gasteiger partial charge on any atom is 0.243 e. The van der Waals surface area contributed by atoms with Crippen LogP contribution in [0.4, 0.5) is 5.69 Å². The molecule has 1 amide bonds. The molecule has 1 aliphatic heterocycles. The number of hydrogen-bond acceptors (Lipinski definition) is 8. The Morgan fingerprint density at radius 1 is 0.974 bits per heavy atom. The fraction of sp³-hybridized carbons (Fsp3) is 0.222. The first kappa shape index (κ1) is 26.7. The number of carbonyl (C=O) groups is 1. The Balaban J connectivity index is 1.32. The molecule has 0 unspecified atom stereocenters. The Hall–Kier alpha value is -3.87. The van der Waals surface area contributed by atoms with Gasteiger partial charge in [0.25, 0.3) is 0 Å². The molecule has 0 radical (unpaired) electrons. The summed E-state index contributed by atoms with van der Waals surface area (Å²) in [7, 11) is -3.56. The molecule has 0 bridgehead atoms. The molecular weight excluding hydrogens is 538 g/mol. The van der Waals surface area contributed by atoms with E-state index in [9.17, 15) is 13.2 Å². The van der Waals surface area contributed by atoms with E-state index < -0.39 is 10.0 Å². The molecule has 1 N–H and O–H groups in total. The molecule has 4 aromatic rings. The van der Waals surface area contributed by atoms with Crippen LogP contribution in [0.15, 0.2) is 82.8 Å². The summed E-state index contributed by atoms with van der Waals surface area (Å²) >= 11 is 1.25. The highest BCUT2D eigenvalue weighted by Gasteiger charge is 2.22.